The smallest absolute Gasteiger partial charge is 0.225 e. The van der Waals surface area contributed by atoms with Gasteiger partial charge in [0.1, 0.15) is 4.75 Å². The number of nitrogens with zero attached hydrogens (tertiary/aromatic N) is 1. The van der Waals surface area contributed by atoms with E-state index in [1.165, 1.54) is 11.8 Å². The van der Waals surface area contributed by atoms with Gasteiger partial charge in [-0.05, 0) is 66.1 Å². The van der Waals surface area contributed by atoms with Crippen LogP contribution in [-0.4, -0.2) is 35.1 Å². The second-order valence-electron chi connectivity index (χ2n) is 8.74. The van der Waals surface area contributed by atoms with Crippen LogP contribution in [0.1, 0.15) is 36.4 Å². The molecule has 1 heterocycles. The standard InChI is InChI=1S/C28H26Cl3NO3S/c1-35-16-2-3-25(33)28(36-24-14-12-23(31)13-15-24)17-26(34)32(18-19-4-8-21(29)9-5-19)27(28)20-6-10-22(30)11-7-20/h4-15,27H,2-3,16-18H2,1H3. The first-order valence-corrected chi connectivity index (χ1v) is 13.5. The zero-order valence-corrected chi connectivity index (χ0v) is 22.8. The Kier molecular flexibility index (Phi) is 9.02. The Morgan fingerprint density at radius 3 is 2.08 bits per heavy atom. The molecule has 36 heavy (non-hydrogen) atoms. The number of rotatable bonds is 10. The predicted molar refractivity (Wildman–Crippen MR) is 147 cm³/mol. The zero-order chi connectivity index (χ0) is 25.7. The molecule has 0 saturated carbocycles. The molecule has 4 nitrogen and oxygen atoms in total. The monoisotopic (exact) mass is 561 g/mol. The molecule has 1 fully saturated rings. The number of hydrogen-bond donors (Lipinski definition) is 0. The summed E-state index contributed by atoms with van der Waals surface area (Å²) < 4.78 is 4.17. The molecular weight excluding hydrogens is 537 g/mol. The number of ether oxygens (including phenoxy) is 1. The third kappa shape index (κ3) is 6.09. The third-order valence-corrected chi connectivity index (χ3v) is 8.50. The minimum Gasteiger partial charge on any atom is -0.385 e. The number of hydrogen-bond acceptors (Lipinski definition) is 4. The summed E-state index contributed by atoms with van der Waals surface area (Å²) in [5, 5.41) is 1.83. The minimum atomic E-state index is -1.03. The number of likely N-dealkylation sites (tertiary alicyclic amines) is 1. The van der Waals surface area contributed by atoms with Gasteiger partial charge in [0.15, 0.2) is 5.78 Å². The molecule has 3 aromatic carbocycles. The van der Waals surface area contributed by atoms with Crippen molar-refractivity contribution >= 4 is 58.3 Å². The van der Waals surface area contributed by atoms with Crippen molar-refractivity contribution in [2.24, 2.45) is 0 Å². The van der Waals surface area contributed by atoms with Crippen LogP contribution in [0.3, 0.4) is 0 Å². The lowest BCUT2D eigenvalue weighted by Crippen LogP contribution is -2.42. The number of Topliss-reactive ketones (excluding diaryl/α,β-unsaturated/α-hetero) is 1. The molecule has 3 aromatic rings. The predicted octanol–water partition coefficient (Wildman–Crippen LogP) is 7.65. The van der Waals surface area contributed by atoms with E-state index in [1.807, 2.05) is 41.3 Å². The van der Waals surface area contributed by atoms with E-state index >= 15 is 0 Å². The summed E-state index contributed by atoms with van der Waals surface area (Å²) in [6.07, 6.45) is 0.977. The Morgan fingerprint density at radius 1 is 0.944 bits per heavy atom. The summed E-state index contributed by atoms with van der Waals surface area (Å²) in [6, 6.07) is 21.7. The van der Waals surface area contributed by atoms with E-state index in [0.717, 1.165) is 16.0 Å². The Balaban J connectivity index is 1.81. The number of methoxy groups -OCH3 is 1. The van der Waals surface area contributed by atoms with Crippen molar-refractivity contribution in [1.82, 2.24) is 4.90 Å². The highest BCUT2D eigenvalue weighted by atomic mass is 35.5. The lowest BCUT2D eigenvalue weighted by molar-refractivity contribution is -0.129. The van der Waals surface area contributed by atoms with Gasteiger partial charge >= 0.3 is 0 Å². The van der Waals surface area contributed by atoms with E-state index in [0.29, 0.717) is 41.1 Å². The van der Waals surface area contributed by atoms with Crippen LogP contribution in [0.4, 0.5) is 0 Å². The average Bonchev–Trinajstić information content (AvgIpc) is 3.14. The van der Waals surface area contributed by atoms with Crippen LogP contribution in [0.5, 0.6) is 0 Å². The fourth-order valence-electron chi connectivity index (χ4n) is 4.58. The van der Waals surface area contributed by atoms with Gasteiger partial charge in [-0.15, -0.1) is 11.8 Å². The number of amides is 1. The first-order valence-electron chi connectivity index (χ1n) is 11.6. The molecule has 0 spiro atoms. The largest absolute Gasteiger partial charge is 0.385 e. The van der Waals surface area contributed by atoms with Crippen molar-refractivity contribution in [1.29, 1.82) is 0 Å². The lowest BCUT2D eigenvalue weighted by atomic mass is 9.87. The third-order valence-electron chi connectivity index (χ3n) is 6.28. The summed E-state index contributed by atoms with van der Waals surface area (Å²) in [4.78, 5) is 30.4. The zero-order valence-electron chi connectivity index (χ0n) is 19.8. The van der Waals surface area contributed by atoms with Crippen molar-refractivity contribution in [3.8, 4) is 0 Å². The van der Waals surface area contributed by atoms with Gasteiger partial charge in [-0.1, -0.05) is 59.1 Å². The highest BCUT2D eigenvalue weighted by Gasteiger charge is 2.57. The molecule has 0 N–H and O–H groups in total. The SMILES string of the molecule is COCCCC(=O)C1(Sc2ccc(Cl)cc2)CC(=O)N(Cc2ccc(Cl)cc2)C1c1ccc(Cl)cc1. The van der Waals surface area contributed by atoms with Crippen LogP contribution in [0.25, 0.3) is 0 Å². The van der Waals surface area contributed by atoms with Crippen LogP contribution in [0, 0.1) is 0 Å². The Morgan fingerprint density at radius 2 is 1.50 bits per heavy atom. The molecule has 4 rings (SSSR count). The van der Waals surface area contributed by atoms with Gasteiger partial charge in [-0.3, -0.25) is 9.59 Å². The van der Waals surface area contributed by atoms with Gasteiger partial charge in [-0.2, -0.15) is 0 Å². The Bertz CT molecular complexity index is 1200. The molecule has 1 aliphatic heterocycles. The van der Waals surface area contributed by atoms with E-state index in [2.05, 4.69) is 0 Å². The molecule has 2 unspecified atom stereocenters. The van der Waals surface area contributed by atoms with Crippen molar-refractivity contribution in [2.45, 2.75) is 41.5 Å². The molecule has 0 aromatic heterocycles. The minimum absolute atomic E-state index is 0.0198. The molecule has 0 aliphatic carbocycles. The first kappa shape index (κ1) is 27.0. The quantitative estimate of drug-likeness (QED) is 0.238. The van der Waals surface area contributed by atoms with Gasteiger partial charge in [-0.25, -0.2) is 0 Å². The maximum absolute atomic E-state index is 14.0. The number of halogens is 3. The summed E-state index contributed by atoms with van der Waals surface area (Å²) in [6.45, 7) is 0.832. The normalized spacial score (nSPS) is 19.6. The van der Waals surface area contributed by atoms with E-state index in [-0.39, 0.29) is 18.1 Å². The van der Waals surface area contributed by atoms with E-state index in [1.54, 1.807) is 43.5 Å². The summed E-state index contributed by atoms with van der Waals surface area (Å²) in [5.41, 5.74) is 1.80. The maximum Gasteiger partial charge on any atom is 0.225 e. The fourth-order valence-corrected chi connectivity index (χ4v) is 6.44. The van der Waals surface area contributed by atoms with Crippen LogP contribution in [0.2, 0.25) is 15.1 Å². The van der Waals surface area contributed by atoms with Crippen molar-refractivity contribution in [3.63, 3.8) is 0 Å². The molecular formula is C28H26Cl3NO3S. The molecule has 1 saturated heterocycles. The van der Waals surface area contributed by atoms with Gasteiger partial charge < -0.3 is 9.64 Å². The second-order valence-corrected chi connectivity index (χ2v) is 11.5. The van der Waals surface area contributed by atoms with Crippen LogP contribution >= 0.6 is 46.6 Å². The molecule has 1 aliphatic rings. The Labute approximate surface area is 230 Å². The van der Waals surface area contributed by atoms with Gasteiger partial charge in [0.2, 0.25) is 5.91 Å². The number of benzene rings is 3. The highest BCUT2D eigenvalue weighted by Crippen LogP contribution is 2.54. The van der Waals surface area contributed by atoms with Crippen molar-refractivity contribution < 1.29 is 14.3 Å². The number of carbonyl (C=O) groups excluding carboxylic acids is 2. The molecule has 0 radical (unpaired) electrons. The first-order chi connectivity index (χ1) is 17.3. The van der Waals surface area contributed by atoms with Gasteiger partial charge in [0.05, 0.1) is 12.5 Å². The molecule has 8 heteroatoms. The summed E-state index contributed by atoms with van der Waals surface area (Å²) in [5.74, 6) is -0.0575. The van der Waals surface area contributed by atoms with E-state index < -0.39 is 10.8 Å². The molecule has 1 amide bonds. The fraction of sp³-hybridized carbons (Fsp3) is 0.286. The topological polar surface area (TPSA) is 46.6 Å². The number of carbonyl (C=O) groups is 2. The lowest BCUT2D eigenvalue weighted by Gasteiger charge is -2.37. The average molecular weight is 563 g/mol. The van der Waals surface area contributed by atoms with Gasteiger partial charge in [0, 0.05) is 46.6 Å². The highest BCUT2D eigenvalue weighted by molar-refractivity contribution is 8.01. The van der Waals surface area contributed by atoms with Crippen LogP contribution in [-0.2, 0) is 20.9 Å². The summed E-state index contributed by atoms with van der Waals surface area (Å²) in [7, 11) is 1.62. The maximum atomic E-state index is 14.0. The Hall–Kier alpha value is -2.02. The number of thioether (sulfide) groups is 1. The molecule has 188 valence electrons. The number of ketones is 1. The second kappa shape index (κ2) is 12.0. The van der Waals surface area contributed by atoms with E-state index in [4.69, 9.17) is 39.5 Å². The van der Waals surface area contributed by atoms with Crippen molar-refractivity contribution in [2.75, 3.05) is 13.7 Å². The van der Waals surface area contributed by atoms with Crippen molar-refractivity contribution in [3.05, 3.63) is 99.0 Å². The summed E-state index contributed by atoms with van der Waals surface area (Å²) >= 11 is 19.8. The molecule has 2 atom stereocenters. The van der Waals surface area contributed by atoms with Crippen LogP contribution < -0.4 is 0 Å². The molecule has 0 bridgehead atoms. The van der Waals surface area contributed by atoms with E-state index in [9.17, 15) is 9.59 Å². The van der Waals surface area contributed by atoms with Crippen LogP contribution in [0.15, 0.2) is 77.7 Å². The van der Waals surface area contributed by atoms with Gasteiger partial charge in [0.25, 0.3) is 0 Å².